The van der Waals surface area contributed by atoms with Gasteiger partial charge in [0.1, 0.15) is 5.82 Å². The van der Waals surface area contributed by atoms with Crippen molar-refractivity contribution in [3.8, 4) is 0 Å². The van der Waals surface area contributed by atoms with Gasteiger partial charge in [-0.25, -0.2) is 4.39 Å². The minimum absolute atomic E-state index is 0.0110. The van der Waals surface area contributed by atoms with Crippen molar-refractivity contribution in [1.29, 1.82) is 0 Å². The number of nitrogen functional groups attached to an aromatic ring is 1. The summed E-state index contributed by atoms with van der Waals surface area (Å²) >= 11 is 15.0. The first kappa shape index (κ1) is 15.1. The van der Waals surface area contributed by atoms with Crippen LogP contribution in [0.15, 0.2) is 34.8 Å². The van der Waals surface area contributed by atoms with E-state index < -0.39 is 11.7 Å². The van der Waals surface area contributed by atoms with Crippen LogP contribution in [0.5, 0.6) is 0 Å². The molecule has 0 heterocycles. The Bertz CT molecular complexity index is 671. The van der Waals surface area contributed by atoms with Crippen LogP contribution in [0.4, 0.5) is 15.8 Å². The molecule has 0 bridgehead atoms. The van der Waals surface area contributed by atoms with Crippen molar-refractivity contribution >= 4 is 56.4 Å². The molecule has 104 valence electrons. The monoisotopic (exact) mass is 376 g/mol. The van der Waals surface area contributed by atoms with E-state index in [-0.39, 0.29) is 21.3 Å². The van der Waals surface area contributed by atoms with E-state index in [0.29, 0.717) is 10.2 Å². The fourth-order valence-corrected chi connectivity index (χ4v) is 2.48. The molecule has 3 nitrogen and oxygen atoms in total. The fraction of sp³-hybridized carbons (Fsp3) is 0. The molecule has 0 aromatic heterocycles. The highest BCUT2D eigenvalue weighted by Crippen LogP contribution is 2.32. The smallest absolute Gasteiger partial charge is 0.257 e. The molecular formula is C13H8BrCl2FN2O. The summed E-state index contributed by atoms with van der Waals surface area (Å²) in [5.41, 5.74) is 6.44. The maximum Gasteiger partial charge on any atom is 0.257 e. The summed E-state index contributed by atoms with van der Waals surface area (Å²) in [4.78, 5) is 12.2. The molecule has 20 heavy (non-hydrogen) atoms. The number of halogens is 4. The number of anilines is 2. The lowest BCUT2D eigenvalue weighted by molar-refractivity contribution is 0.102. The summed E-state index contributed by atoms with van der Waals surface area (Å²) in [5, 5.41) is 2.54. The molecule has 0 saturated heterocycles. The maximum atomic E-state index is 13.1. The van der Waals surface area contributed by atoms with Crippen molar-refractivity contribution in [2.24, 2.45) is 0 Å². The van der Waals surface area contributed by atoms with Crippen LogP contribution in [0.2, 0.25) is 10.0 Å². The molecule has 0 saturated carbocycles. The highest BCUT2D eigenvalue weighted by molar-refractivity contribution is 9.10. The molecule has 0 unspecified atom stereocenters. The molecule has 1 amide bonds. The predicted octanol–water partition coefficient (Wildman–Crippen LogP) is 4.73. The number of carbonyl (C=O) groups is 1. The molecule has 3 N–H and O–H groups in total. The zero-order valence-corrected chi connectivity index (χ0v) is 13.0. The van der Waals surface area contributed by atoms with Crippen LogP contribution in [-0.2, 0) is 0 Å². The Morgan fingerprint density at radius 2 is 1.80 bits per heavy atom. The van der Waals surface area contributed by atoms with Gasteiger partial charge in [-0.3, -0.25) is 4.79 Å². The van der Waals surface area contributed by atoms with Gasteiger partial charge in [-0.1, -0.05) is 39.1 Å². The zero-order chi connectivity index (χ0) is 14.9. The number of nitrogens with two attached hydrogens (primary N) is 1. The Balaban J connectivity index is 2.35. The zero-order valence-electron chi connectivity index (χ0n) is 9.88. The maximum absolute atomic E-state index is 13.1. The summed E-state index contributed by atoms with van der Waals surface area (Å²) in [6.45, 7) is 0. The van der Waals surface area contributed by atoms with E-state index in [2.05, 4.69) is 21.2 Å². The van der Waals surface area contributed by atoms with Gasteiger partial charge in [-0.15, -0.1) is 0 Å². The number of nitrogens with one attached hydrogen (secondary N) is 1. The van der Waals surface area contributed by atoms with Crippen LogP contribution in [0.25, 0.3) is 0 Å². The van der Waals surface area contributed by atoms with Crippen molar-refractivity contribution in [2.45, 2.75) is 0 Å². The largest absolute Gasteiger partial charge is 0.398 e. The molecule has 0 fully saturated rings. The van der Waals surface area contributed by atoms with Crippen molar-refractivity contribution < 1.29 is 9.18 Å². The molecule has 0 atom stereocenters. The van der Waals surface area contributed by atoms with E-state index >= 15 is 0 Å². The van der Waals surface area contributed by atoms with Gasteiger partial charge in [0.25, 0.3) is 5.91 Å². The quantitative estimate of drug-likeness (QED) is 0.743. The topological polar surface area (TPSA) is 55.1 Å². The third kappa shape index (κ3) is 3.23. The normalized spacial score (nSPS) is 10.4. The lowest BCUT2D eigenvalue weighted by Crippen LogP contribution is -2.14. The molecule has 2 aromatic carbocycles. The van der Waals surface area contributed by atoms with Gasteiger partial charge in [0.2, 0.25) is 0 Å². The average molecular weight is 378 g/mol. The third-order valence-corrected chi connectivity index (χ3v) is 3.59. The lowest BCUT2D eigenvalue weighted by atomic mass is 10.1. The van der Waals surface area contributed by atoms with Crippen molar-refractivity contribution in [1.82, 2.24) is 0 Å². The van der Waals surface area contributed by atoms with Crippen molar-refractivity contribution in [3.63, 3.8) is 0 Å². The minimum atomic E-state index is -0.583. The molecule has 0 spiro atoms. The van der Waals surface area contributed by atoms with Crippen LogP contribution in [0, 0.1) is 5.82 Å². The van der Waals surface area contributed by atoms with E-state index in [9.17, 15) is 9.18 Å². The number of hydrogen-bond donors (Lipinski definition) is 2. The standard InChI is InChI=1S/C13H8BrCl2FN2O/c14-6-1-2-11(18)8(3-6)13(20)19-12-9(15)4-7(17)5-10(12)16/h1-5H,18H2,(H,19,20). The highest BCUT2D eigenvalue weighted by atomic mass is 79.9. The fourth-order valence-electron chi connectivity index (χ4n) is 1.57. The van der Waals surface area contributed by atoms with Crippen LogP contribution in [-0.4, -0.2) is 5.91 Å². The predicted molar refractivity (Wildman–Crippen MR) is 82.9 cm³/mol. The molecule has 0 aliphatic carbocycles. The van der Waals surface area contributed by atoms with E-state index in [1.807, 2.05) is 0 Å². The van der Waals surface area contributed by atoms with Gasteiger partial charge in [0.15, 0.2) is 0 Å². The Labute approximate surface area is 133 Å². The van der Waals surface area contributed by atoms with Crippen LogP contribution in [0.1, 0.15) is 10.4 Å². The van der Waals surface area contributed by atoms with Gasteiger partial charge in [-0.2, -0.15) is 0 Å². The molecule has 2 aromatic rings. The summed E-state index contributed by atoms with van der Waals surface area (Å²) in [6.07, 6.45) is 0. The van der Waals surface area contributed by atoms with E-state index in [0.717, 1.165) is 12.1 Å². The highest BCUT2D eigenvalue weighted by Gasteiger charge is 2.15. The lowest BCUT2D eigenvalue weighted by Gasteiger charge is -2.11. The van der Waals surface area contributed by atoms with Crippen LogP contribution >= 0.6 is 39.1 Å². The first-order valence-corrected chi connectivity index (χ1v) is 6.94. The molecule has 7 heteroatoms. The number of amides is 1. The average Bonchev–Trinajstić information content (AvgIpc) is 2.36. The first-order valence-electron chi connectivity index (χ1n) is 5.39. The second-order valence-electron chi connectivity index (χ2n) is 3.93. The van der Waals surface area contributed by atoms with Gasteiger partial charge < -0.3 is 11.1 Å². The van der Waals surface area contributed by atoms with Crippen molar-refractivity contribution in [3.05, 3.63) is 56.2 Å². The van der Waals surface area contributed by atoms with Gasteiger partial charge in [0.05, 0.1) is 21.3 Å². The van der Waals surface area contributed by atoms with Crippen molar-refractivity contribution in [2.75, 3.05) is 11.1 Å². The number of benzene rings is 2. The number of carbonyl (C=O) groups excluding carboxylic acids is 1. The molecule has 2 rings (SSSR count). The van der Waals surface area contributed by atoms with E-state index in [1.54, 1.807) is 18.2 Å². The van der Waals surface area contributed by atoms with Gasteiger partial charge in [-0.05, 0) is 30.3 Å². The Morgan fingerprint density at radius 3 is 2.40 bits per heavy atom. The molecule has 0 aliphatic heterocycles. The summed E-state index contributed by atoms with van der Waals surface area (Å²) in [7, 11) is 0. The van der Waals surface area contributed by atoms with E-state index in [4.69, 9.17) is 28.9 Å². The second-order valence-corrected chi connectivity index (χ2v) is 5.66. The number of rotatable bonds is 2. The minimum Gasteiger partial charge on any atom is -0.398 e. The summed E-state index contributed by atoms with van der Waals surface area (Å²) in [6, 6.07) is 6.99. The molecule has 0 radical (unpaired) electrons. The summed E-state index contributed by atoms with van der Waals surface area (Å²) in [5.74, 6) is -1.07. The SMILES string of the molecule is Nc1ccc(Br)cc1C(=O)Nc1c(Cl)cc(F)cc1Cl. The first-order chi connectivity index (χ1) is 9.38. The van der Waals surface area contributed by atoms with Gasteiger partial charge in [0, 0.05) is 10.2 Å². The Kier molecular flexibility index (Phi) is 4.52. The Morgan fingerprint density at radius 1 is 1.20 bits per heavy atom. The summed E-state index contributed by atoms with van der Waals surface area (Å²) < 4.78 is 13.8. The van der Waals surface area contributed by atoms with Crippen LogP contribution in [0.3, 0.4) is 0 Å². The second kappa shape index (κ2) is 5.99. The third-order valence-electron chi connectivity index (χ3n) is 2.51. The molecular weight excluding hydrogens is 370 g/mol. The van der Waals surface area contributed by atoms with Crippen LogP contribution < -0.4 is 11.1 Å². The van der Waals surface area contributed by atoms with E-state index in [1.165, 1.54) is 0 Å². The Hall–Kier alpha value is -1.30. The number of hydrogen-bond acceptors (Lipinski definition) is 2. The van der Waals surface area contributed by atoms with Gasteiger partial charge >= 0.3 is 0 Å². The molecule has 0 aliphatic rings.